The first-order chi connectivity index (χ1) is 28.7. The summed E-state index contributed by atoms with van der Waals surface area (Å²) in [6.07, 6.45) is 8.48. The first kappa shape index (κ1) is 46.9. The number of ether oxygens (including phenoxy) is 5. The van der Waals surface area contributed by atoms with Crippen molar-refractivity contribution >= 4 is 40.0 Å². The summed E-state index contributed by atoms with van der Waals surface area (Å²) in [5, 5.41) is 48.7. The highest BCUT2D eigenvalue weighted by Gasteiger charge is 2.50. The van der Waals surface area contributed by atoms with Gasteiger partial charge in [-0.25, -0.2) is 0 Å². The Balaban J connectivity index is 1.65. The average molecular weight is 851 g/mol. The molecule has 5 N–H and O–H groups in total. The van der Waals surface area contributed by atoms with Crippen LogP contribution in [-0.4, -0.2) is 106 Å². The van der Waals surface area contributed by atoms with Crippen LogP contribution in [0.5, 0.6) is 23.0 Å². The Morgan fingerprint density at radius 3 is 2.26 bits per heavy atom. The van der Waals surface area contributed by atoms with E-state index in [1.54, 1.807) is 51.8 Å². The van der Waals surface area contributed by atoms with Crippen LogP contribution in [0.4, 0.5) is 5.69 Å². The van der Waals surface area contributed by atoms with Crippen LogP contribution in [0.15, 0.2) is 42.2 Å². The van der Waals surface area contributed by atoms with Crippen molar-refractivity contribution in [1.29, 1.82) is 0 Å². The Morgan fingerprint density at radius 1 is 0.951 bits per heavy atom. The second-order valence-corrected chi connectivity index (χ2v) is 17.0. The Hall–Kier alpha value is -5.12. The molecule has 0 unspecified atom stereocenters. The van der Waals surface area contributed by atoms with Crippen LogP contribution >= 0.6 is 0 Å². The van der Waals surface area contributed by atoms with Crippen LogP contribution in [0, 0.1) is 30.6 Å². The molecule has 2 amide bonds. The molecule has 0 aromatic heterocycles. The maximum Gasteiger partial charge on any atom is 0.312 e. The number of ketones is 1. The van der Waals surface area contributed by atoms with E-state index in [9.17, 15) is 39.6 Å². The van der Waals surface area contributed by atoms with Crippen molar-refractivity contribution in [3.05, 3.63) is 53.3 Å². The third-order valence-electron chi connectivity index (χ3n) is 12.7. The third kappa shape index (κ3) is 9.68. The number of anilines is 1. The quantitative estimate of drug-likeness (QED) is 0.162. The predicted molar refractivity (Wildman–Crippen MR) is 227 cm³/mol. The van der Waals surface area contributed by atoms with Crippen LogP contribution < -0.4 is 14.8 Å². The minimum absolute atomic E-state index is 0.0395. The number of amides is 2. The van der Waals surface area contributed by atoms with Crippen LogP contribution in [0.1, 0.15) is 96.5 Å². The van der Waals surface area contributed by atoms with E-state index in [1.807, 2.05) is 0 Å². The number of carbonyl (C=O) groups excluding carboxylic acids is 4. The molecule has 3 heterocycles. The molecular formula is C46H62N2O13. The molecule has 334 valence electrons. The SMILES string of the molecule is CO[C@H]1/C=C/O[C@@]2(C)Oc3c(C)c(O)c4c(O)c(cc(OCC(=O)N(C)C5CCCCC5)c4c3C2=O)NC(=O)/C(C)=C\C=C\[C@@H](C)[C@@H](O)[C@@H](C)[C@H](O)[C@@H](C)[C@H](OC(C)=O)[C@@H]1C. The van der Waals surface area contributed by atoms with Gasteiger partial charge in [0.1, 0.15) is 23.4 Å². The van der Waals surface area contributed by atoms with Gasteiger partial charge in [0.15, 0.2) is 12.4 Å². The number of carbonyl (C=O) groups is 4. The van der Waals surface area contributed by atoms with Gasteiger partial charge in [-0.1, -0.05) is 65.2 Å². The fraction of sp³-hybridized carbons (Fsp3) is 0.565. The number of phenols is 2. The van der Waals surface area contributed by atoms with Gasteiger partial charge in [-0.15, -0.1) is 0 Å². The first-order valence-corrected chi connectivity index (χ1v) is 21.0. The summed E-state index contributed by atoms with van der Waals surface area (Å²) >= 11 is 0. The second-order valence-electron chi connectivity index (χ2n) is 17.0. The summed E-state index contributed by atoms with van der Waals surface area (Å²) in [7, 11) is 3.16. The molecule has 1 fully saturated rings. The number of nitrogens with one attached hydrogen (secondary N) is 1. The molecule has 0 radical (unpaired) electrons. The number of likely N-dealkylation sites (N-methyl/N-ethyl adjacent to an activating group) is 1. The maximum absolute atomic E-state index is 14.6. The van der Waals surface area contributed by atoms with Crippen molar-refractivity contribution in [3.63, 3.8) is 0 Å². The van der Waals surface area contributed by atoms with Crippen molar-refractivity contribution in [2.45, 2.75) is 124 Å². The number of methoxy groups -OCH3 is 1. The number of nitrogens with zero attached hydrogens (tertiary/aromatic N) is 1. The highest BCUT2D eigenvalue weighted by molar-refractivity contribution is 6.21. The lowest BCUT2D eigenvalue weighted by molar-refractivity contribution is -0.160. The lowest BCUT2D eigenvalue weighted by atomic mass is 9.78. The monoisotopic (exact) mass is 850 g/mol. The first-order valence-electron chi connectivity index (χ1n) is 21.0. The number of fused-ring (bicyclic) bond motifs is 14. The number of hydrogen-bond acceptors (Lipinski definition) is 13. The van der Waals surface area contributed by atoms with E-state index in [1.165, 1.54) is 59.3 Å². The molecule has 1 aliphatic carbocycles. The van der Waals surface area contributed by atoms with E-state index in [0.717, 1.165) is 32.1 Å². The lowest BCUT2D eigenvalue weighted by Gasteiger charge is -2.38. The molecule has 2 aromatic carbocycles. The molecule has 2 aromatic rings. The number of rotatable bonds is 6. The molecule has 0 spiro atoms. The highest BCUT2D eigenvalue weighted by atomic mass is 16.7. The van der Waals surface area contributed by atoms with E-state index in [2.05, 4.69) is 5.32 Å². The molecule has 1 saturated carbocycles. The number of esters is 1. The largest absolute Gasteiger partial charge is 0.507 e. The predicted octanol–water partition coefficient (Wildman–Crippen LogP) is 6.22. The summed E-state index contributed by atoms with van der Waals surface area (Å²) in [4.78, 5) is 55.7. The van der Waals surface area contributed by atoms with E-state index in [0.29, 0.717) is 0 Å². The Labute approximate surface area is 357 Å². The number of benzene rings is 2. The van der Waals surface area contributed by atoms with Gasteiger partial charge in [0.25, 0.3) is 17.6 Å². The minimum atomic E-state index is -2.02. The van der Waals surface area contributed by atoms with Crippen molar-refractivity contribution in [1.82, 2.24) is 4.90 Å². The molecule has 15 heteroatoms. The molecule has 6 rings (SSSR count). The summed E-state index contributed by atoms with van der Waals surface area (Å²) in [5.74, 6) is -7.90. The second kappa shape index (κ2) is 19.3. The third-order valence-corrected chi connectivity index (χ3v) is 12.7. The molecular weight excluding hydrogens is 789 g/mol. The molecule has 3 aliphatic heterocycles. The van der Waals surface area contributed by atoms with Crippen LogP contribution in [0.25, 0.3) is 10.8 Å². The number of aliphatic hydroxyl groups excluding tert-OH is 2. The zero-order valence-electron chi connectivity index (χ0n) is 36.8. The van der Waals surface area contributed by atoms with Crippen molar-refractivity contribution in [3.8, 4) is 23.0 Å². The van der Waals surface area contributed by atoms with E-state index in [4.69, 9.17) is 23.7 Å². The van der Waals surface area contributed by atoms with E-state index < -0.39 is 89.6 Å². The number of aromatic hydroxyl groups is 2. The number of phenolic OH excluding ortho intramolecular Hbond substituents is 2. The summed E-state index contributed by atoms with van der Waals surface area (Å²) in [6.45, 7) is 12.2. The Morgan fingerprint density at radius 2 is 1.62 bits per heavy atom. The van der Waals surface area contributed by atoms with E-state index >= 15 is 0 Å². The van der Waals surface area contributed by atoms with E-state index in [-0.39, 0.29) is 56.6 Å². The topological polar surface area (TPSA) is 211 Å². The summed E-state index contributed by atoms with van der Waals surface area (Å²) in [5.41, 5.74) is 0.0303. The zero-order valence-corrected chi connectivity index (χ0v) is 36.8. The fourth-order valence-electron chi connectivity index (χ4n) is 8.66. The smallest absolute Gasteiger partial charge is 0.312 e. The lowest BCUT2D eigenvalue weighted by Crippen LogP contribution is -2.46. The summed E-state index contributed by atoms with van der Waals surface area (Å²) < 4.78 is 29.9. The van der Waals surface area contributed by atoms with Crippen molar-refractivity contribution in [2.75, 3.05) is 26.1 Å². The average Bonchev–Trinajstić information content (AvgIpc) is 3.50. The summed E-state index contributed by atoms with van der Waals surface area (Å²) in [6, 6.07) is 1.33. The number of aliphatic hydroxyl groups is 2. The number of Topliss-reactive ketones (excluding diaryl/α,β-unsaturated/α-hetero) is 1. The minimum Gasteiger partial charge on any atom is -0.507 e. The molecule has 15 nitrogen and oxygen atoms in total. The van der Waals surface area contributed by atoms with Gasteiger partial charge in [-0.05, 0) is 32.8 Å². The maximum atomic E-state index is 14.6. The number of hydrogen-bond donors (Lipinski definition) is 5. The highest BCUT2D eigenvalue weighted by Crippen LogP contribution is 2.54. The van der Waals surface area contributed by atoms with Gasteiger partial charge in [-0.2, -0.15) is 0 Å². The fourth-order valence-corrected chi connectivity index (χ4v) is 8.66. The normalized spacial score (nSPS) is 31.0. The molecule has 5 bridgehead atoms. The van der Waals surface area contributed by atoms with Crippen molar-refractivity contribution in [2.24, 2.45) is 23.7 Å². The molecule has 61 heavy (non-hydrogen) atoms. The Kier molecular flexibility index (Phi) is 14.8. The molecule has 9 atom stereocenters. The number of allylic oxidation sites excluding steroid dienone is 2. The van der Waals surface area contributed by atoms with Crippen LogP contribution in [0.2, 0.25) is 0 Å². The van der Waals surface area contributed by atoms with Gasteiger partial charge >= 0.3 is 11.8 Å². The van der Waals surface area contributed by atoms with Crippen LogP contribution in [0.3, 0.4) is 0 Å². The van der Waals surface area contributed by atoms with Gasteiger partial charge in [-0.3, -0.25) is 19.2 Å². The van der Waals surface area contributed by atoms with Gasteiger partial charge in [0, 0.05) is 80.3 Å². The standard InChI is InChI=1S/C46H62N2O13/c1-23-15-14-16-24(2)45(56)47-31-21-33(58-22-34(50)48(9)30-17-12-11-13-18-30)35-36(41(31)54)40(53)28(6)43-37(35)44(55)46(8,61-43)59-20-19-32(57-10)25(3)42(60-29(7)49)27(5)39(52)26(4)38(23)51/h14-16,19-21,23,25-27,30,32,38-39,42,51-54H,11-13,17-18,22H2,1-10H3,(H,47,56)/b15-14+,20-19+,24-16-/t23-,25-,26-,27-,32+,38-,39+,42-,46+/m1/s1. The van der Waals surface area contributed by atoms with Gasteiger partial charge < -0.3 is 54.3 Å². The van der Waals surface area contributed by atoms with Crippen LogP contribution in [-0.2, 0) is 28.6 Å². The van der Waals surface area contributed by atoms with Gasteiger partial charge in [0.2, 0.25) is 0 Å². The Bertz CT molecular complexity index is 2090. The van der Waals surface area contributed by atoms with Gasteiger partial charge in [0.05, 0.1) is 41.2 Å². The van der Waals surface area contributed by atoms with Crippen molar-refractivity contribution < 1.29 is 63.3 Å². The zero-order chi connectivity index (χ0) is 45.1. The molecule has 4 aliphatic rings. The molecule has 0 saturated heterocycles.